The number of pyridine rings is 1. The maximum atomic E-state index is 7.48. The lowest BCUT2D eigenvalue weighted by atomic mass is 10.2. The first kappa shape index (κ1) is 9.77. The van der Waals surface area contributed by atoms with Gasteiger partial charge in [0.2, 0.25) is 5.62 Å². The van der Waals surface area contributed by atoms with Crippen LogP contribution in [-0.4, -0.2) is 21.1 Å². The van der Waals surface area contributed by atoms with E-state index in [0.717, 1.165) is 41.2 Å². The first-order chi connectivity index (χ1) is 7.75. The molecule has 3 heterocycles. The van der Waals surface area contributed by atoms with E-state index in [9.17, 15) is 0 Å². The van der Waals surface area contributed by atoms with Crippen LogP contribution in [0.1, 0.15) is 6.42 Å². The molecule has 2 N–H and O–H groups in total. The quantitative estimate of drug-likeness (QED) is 0.767. The molecule has 0 aromatic carbocycles. The lowest BCUT2D eigenvalue weighted by Crippen LogP contribution is -2.24. The predicted octanol–water partition coefficient (Wildman–Crippen LogP) is 1.44. The zero-order valence-corrected chi connectivity index (χ0v) is 10.1. The lowest BCUT2D eigenvalue weighted by molar-refractivity contribution is 0.617. The standard InChI is InChI=1S/C10H10BrN5/c11-7-4-6-5-14-10(12)15-8(6)16-3-1-2-13-9(7)16/h4-5,12-13H,1-3H2. The van der Waals surface area contributed by atoms with Crippen molar-refractivity contribution in [2.45, 2.75) is 13.0 Å². The summed E-state index contributed by atoms with van der Waals surface area (Å²) >= 11 is 3.54. The maximum Gasteiger partial charge on any atom is 0.243 e. The minimum absolute atomic E-state index is 0.0649. The van der Waals surface area contributed by atoms with E-state index >= 15 is 0 Å². The van der Waals surface area contributed by atoms with Crippen LogP contribution in [0.4, 0.5) is 5.82 Å². The number of fused-ring (bicyclic) bond motifs is 3. The van der Waals surface area contributed by atoms with Crippen LogP contribution < -0.4 is 10.9 Å². The second kappa shape index (κ2) is 3.55. The van der Waals surface area contributed by atoms with Gasteiger partial charge in [0, 0.05) is 24.8 Å². The monoisotopic (exact) mass is 279 g/mol. The molecule has 0 aliphatic carbocycles. The molecule has 0 unspecified atom stereocenters. The molecule has 0 amide bonds. The molecule has 0 bridgehead atoms. The molecule has 3 aliphatic heterocycles. The Morgan fingerprint density at radius 1 is 1.50 bits per heavy atom. The molecule has 16 heavy (non-hydrogen) atoms. The molecule has 5 nitrogen and oxygen atoms in total. The number of halogens is 1. The molecule has 6 heteroatoms. The summed E-state index contributed by atoms with van der Waals surface area (Å²) in [4.78, 5) is 8.09. The van der Waals surface area contributed by atoms with E-state index < -0.39 is 0 Å². The number of rotatable bonds is 0. The van der Waals surface area contributed by atoms with E-state index in [1.165, 1.54) is 0 Å². The Labute approximate surface area is 101 Å². The molecule has 0 saturated carbocycles. The number of hydrogen-bond acceptors (Lipinski definition) is 4. The first-order valence-electron chi connectivity index (χ1n) is 5.10. The van der Waals surface area contributed by atoms with Gasteiger partial charge in [-0.15, -0.1) is 0 Å². The summed E-state index contributed by atoms with van der Waals surface area (Å²) in [6, 6.07) is 1.99. The highest BCUT2D eigenvalue weighted by atomic mass is 79.9. The Morgan fingerprint density at radius 2 is 2.38 bits per heavy atom. The van der Waals surface area contributed by atoms with Crippen molar-refractivity contribution >= 4 is 21.7 Å². The third-order valence-electron chi connectivity index (χ3n) is 2.68. The number of hydrogen-bond donors (Lipinski definition) is 2. The van der Waals surface area contributed by atoms with Gasteiger partial charge in [-0.1, -0.05) is 0 Å². The van der Waals surface area contributed by atoms with Crippen molar-refractivity contribution in [1.29, 1.82) is 5.41 Å². The molecule has 0 fully saturated rings. The Kier molecular flexibility index (Phi) is 2.17. The van der Waals surface area contributed by atoms with Crippen molar-refractivity contribution in [3.05, 3.63) is 22.4 Å². The van der Waals surface area contributed by atoms with Crippen LogP contribution in [-0.2, 0) is 6.54 Å². The molecule has 3 rings (SSSR count). The highest BCUT2D eigenvalue weighted by Crippen LogP contribution is 2.32. The topological polar surface area (TPSA) is 66.6 Å². The molecule has 0 radical (unpaired) electrons. The van der Waals surface area contributed by atoms with Gasteiger partial charge in [-0.2, -0.15) is 4.98 Å². The van der Waals surface area contributed by atoms with Crippen LogP contribution in [0.2, 0.25) is 0 Å². The molecule has 3 aliphatic rings. The van der Waals surface area contributed by atoms with E-state index in [1.807, 2.05) is 6.07 Å². The van der Waals surface area contributed by atoms with Gasteiger partial charge in [0.1, 0.15) is 11.6 Å². The Hall–Kier alpha value is -1.43. The van der Waals surface area contributed by atoms with Crippen LogP contribution in [0.25, 0.3) is 11.4 Å². The minimum Gasteiger partial charge on any atom is -0.370 e. The molecule has 82 valence electrons. The third-order valence-corrected chi connectivity index (χ3v) is 3.29. The van der Waals surface area contributed by atoms with Crippen molar-refractivity contribution in [1.82, 2.24) is 14.5 Å². The lowest BCUT2D eigenvalue weighted by Gasteiger charge is -2.25. The Bertz CT molecular complexity index is 576. The molecule has 0 spiro atoms. The normalized spacial score (nSPS) is 14.6. The van der Waals surface area contributed by atoms with Crippen molar-refractivity contribution < 1.29 is 0 Å². The van der Waals surface area contributed by atoms with Crippen LogP contribution in [0.5, 0.6) is 0 Å². The summed E-state index contributed by atoms with van der Waals surface area (Å²) in [5.74, 6) is 1.86. The molecular formula is C10H10BrN5. The second-order valence-electron chi connectivity index (χ2n) is 3.75. The van der Waals surface area contributed by atoms with E-state index in [-0.39, 0.29) is 5.62 Å². The van der Waals surface area contributed by atoms with E-state index in [2.05, 4.69) is 35.8 Å². The largest absolute Gasteiger partial charge is 0.370 e. The average Bonchev–Trinajstić information content (AvgIpc) is 2.31. The van der Waals surface area contributed by atoms with Crippen molar-refractivity contribution in [3.63, 3.8) is 0 Å². The van der Waals surface area contributed by atoms with E-state index in [4.69, 9.17) is 5.41 Å². The van der Waals surface area contributed by atoms with Crippen molar-refractivity contribution in [2.24, 2.45) is 0 Å². The summed E-state index contributed by atoms with van der Waals surface area (Å²) < 4.78 is 3.11. The SMILES string of the molecule is N=c1ncc2cc(Br)c3n(c-2n1)CCCN3. The number of nitrogens with one attached hydrogen (secondary N) is 2. The molecule has 0 aromatic heterocycles. The van der Waals surface area contributed by atoms with Gasteiger partial charge < -0.3 is 9.88 Å². The first-order valence-corrected chi connectivity index (χ1v) is 5.89. The van der Waals surface area contributed by atoms with Gasteiger partial charge in [0.05, 0.1) is 4.47 Å². The fourth-order valence-electron chi connectivity index (χ4n) is 1.98. The summed E-state index contributed by atoms with van der Waals surface area (Å²) in [5, 5.41) is 10.8. The van der Waals surface area contributed by atoms with Crippen molar-refractivity contribution in [3.8, 4) is 11.4 Å². The van der Waals surface area contributed by atoms with Crippen LogP contribution in [0, 0.1) is 5.41 Å². The zero-order chi connectivity index (χ0) is 11.1. The van der Waals surface area contributed by atoms with E-state index in [1.54, 1.807) is 6.20 Å². The minimum atomic E-state index is 0.0649. The third kappa shape index (κ3) is 1.41. The van der Waals surface area contributed by atoms with Crippen molar-refractivity contribution in [2.75, 3.05) is 11.9 Å². The molecule has 0 atom stereocenters. The highest BCUT2D eigenvalue weighted by molar-refractivity contribution is 9.10. The predicted molar refractivity (Wildman–Crippen MR) is 63.3 cm³/mol. The number of aromatic nitrogens is 3. The molecule has 0 aromatic rings. The average molecular weight is 280 g/mol. The summed E-state index contributed by atoms with van der Waals surface area (Å²) in [6.45, 7) is 1.90. The van der Waals surface area contributed by atoms with Crippen LogP contribution in [0.3, 0.4) is 0 Å². The van der Waals surface area contributed by atoms with Gasteiger partial charge in [0.15, 0.2) is 0 Å². The van der Waals surface area contributed by atoms with Gasteiger partial charge in [-0.05, 0) is 28.4 Å². The van der Waals surface area contributed by atoms with Gasteiger partial charge in [0.25, 0.3) is 0 Å². The number of anilines is 1. The summed E-state index contributed by atoms with van der Waals surface area (Å²) in [6.07, 6.45) is 2.76. The molecule has 0 saturated heterocycles. The van der Waals surface area contributed by atoms with Gasteiger partial charge >= 0.3 is 0 Å². The van der Waals surface area contributed by atoms with E-state index in [0.29, 0.717) is 0 Å². The summed E-state index contributed by atoms with van der Waals surface area (Å²) in [5.41, 5.74) is 1.02. The van der Waals surface area contributed by atoms with Gasteiger partial charge in [-0.25, -0.2) is 4.98 Å². The highest BCUT2D eigenvalue weighted by Gasteiger charge is 2.18. The Balaban J connectivity index is 2.39. The van der Waals surface area contributed by atoms with Crippen LogP contribution in [0.15, 0.2) is 16.7 Å². The maximum absolute atomic E-state index is 7.48. The summed E-state index contributed by atoms with van der Waals surface area (Å²) in [7, 11) is 0. The second-order valence-corrected chi connectivity index (χ2v) is 4.60. The smallest absolute Gasteiger partial charge is 0.243 e. The fourth-order valence-corrected chi connectivity index (χ4v) is 2.58. The fraction of sp³-hybridized carbons (Fsp3) is 0.300. The van der Waals surface area contributed by atoms with Gasteiger partial charge in [-0.3, -0.25) is 5.41 Å². The zero-order valence-electron chi connectivity index (χ0n) is 8.50. The molecular weight excluding hydrogens is 270 g/mol. The van der Waals surface area contributed by atoms with Crippen LogP contribution >= 0.6 is 15.9 Å². The Morgan fingerprint density at radius 3 is 3.25 bits per heavy atom. The number of nitrogens with zero attached hydrogens (tertiary/aromatic N) is 3.